The van der Waals surface area contributed by atoms with Crippen LogP contribution in [0.1, 0.15) is 24.7 Å². The molecule has 0 spiro atoms. The van der Waals surface area contributed by atoms with Gasteiger partial charge in [-0.3, -0.25) is 14.3 Å². The highest BCUT2D eigenvalue weighted by molar-refractivity contribution is 5.84. The molecular formula is C25H28FN5O2. The summed E-state index contributed by atoms with van der Waals surface area (Å²) in [6, 6.07) is 8.18. The number of hydrogen-bond donors (Lipinski definition) is 0. The number of nitrogens with zero attached hydrogens (tertiary/aromatic N) is 5. The molecule has 1 aliphatic rings. The maximum absolute atomic E-state index is 12.9. The van der Waals surface area contributed by atoms with E-state index in [0.717, 1.165) is 54.3 Å². The smallest absolute Gasteiger partial charge is 0.345 e. The Morgan fingerprint density at radius 1 is 1.15 bits per heavy atom. The van der Waals surface area contributed by atoms with Gasteiger partial charge in [0.25, 0.3) is 0 Å². The van der Waals surface area contributed by atoms with Gasteiger partial charge in [0.2, 0.25) is 0 Å². The zero-order valence-corrected chi connectivity index (χ0v) is 19.2. The summed E-state index contributed by atoms with van der Waals surface area (Å²) in [5.41, 5.74) is 4.62. The minimum atomic E-state index is -0.408. The Labute approximate surface area is 191 Å². The van der Waals surface area contributed by atoms with Gasteiger partial charge in [-0.1, -0.05) is 0 Å². The van der Waals surface area contributed by atoms with Crippen molar-refractivity contribution in [3.8, 4) is 11.3 Å². The number of rotatable bonds is 5. The molecule has 3 aromatic heterocycles. The molecule has 172 valence electrons. The topological polar surface area (TPSA) is 66.9 Å². The Morgan fingerprint density at radius 2 is 2.00 bits per heavy atom. The average Bonchev–Trinajstić information content (AvgIpc) is 3.21. The van der Waals surface area contributed by atoms with Gasteiger partial charge in [0.15, 0.2) is 5.65 Å². The Balaban J connectivity index is 1.44. The van der Waals surface area contributed by atoms with Crippen LogP contribution in [0.4, 0.5) is 10.1 Å². The fraction of sp³-hybridized carbons (Fsp3) is 0.400. The van der Waals surface area contributed by atoms with Gasteiger partial charge in [0.1, 0.15) is 5.58 Å². The molecule has 33 heavy (non-hydrogen) atoms. The van der Waals surface area contributed by atoms with Crippen molar-refractivity contribution in [3.63, 3.8) is 0 Å². The highest BCUT2D eigenvalue weighted by Crippen LogP contribution is 2.27. The van der Waals surface area contributed by atoms with Crippen LogP contribution >= 0.6 is 0 Å². The van der Waals surface area contributed by atoms with Crippen LogP contribution in [0.5, 0.6) is 0 Å². The predicted octanol–water partition coefficient (Wildman–Crippen LogP) is 3.99. The molecule has 0 saturated carbocycles. The largest absolute Gasteiger partial charge is 0.422 e. The normalized spacial score (nSPS) is 17.3. The molecule has 1 fully saturated rings. The van der Waals surface area contributed by atoms with Crippen LogP contribution in [-0.2, 0) is 0 Å². The third-order valence-corrected chi connectivity index (χ3v) is 6.43. The number of halogens is 1. The Hall–Kier alpha value is -3.26. The number of alkyl halides is 1. The second-order valence-corrected chi connectivity index (χ2v) is 8.87. The first-order valence-electron chi connectivity index (χ1n) is 11.4. The number of hydrogen-bond acceptors (Lipinski definition) is 6. The lowest BCUT2D eigenvalue weighted by molar-refractivity contribution is 0.182. The van der Waals surface area contributed by atoms with Crippen LogP contribution in [0, 0.1) is 13.8 Å². The molecule has 0 radical (unpaired) electrons. The van der Waals surface area contributed by atoms with Crippen LogP contribution in [0.2, 0.25) is 0 Å². The highest BCUT2D eigenvalue weighted by atomic mass is 19.1. The van der Waals surface area contributed by atoms with E-state index in [4.69, 9.17) is 4.42 Å². The molecule has 1 aliphatic heterocycles. The maximum atomic E-state index is 12.9. The Kier molecular flexibility index (Phi) is 5.62. The molecule has 0 aliphatic carbocycles. The van der Waals surface area contributed by atoms with Crippen molar-refractivity contribution in [2.45, 2.75) is 33.2 Å². The molecule has 1 unspecified atom stereocenters. The number of benzene rings is 1. The summed E-state index contributed by atoms with van der Waals surface area (Å²) in [6.45, 7) is 9.13. The fourth-order valence-corrected chi connectivity index (χ4v) is 4.73. The molecule has 4 aromatic rings. The van der Waals surface area contributed by atoms with Gasteiger partial charge in [0, 0.05) is 61.8 Å². The lowest BCUT2D eigenvalue weighted by Crippen LogP contribution is -2.52. The van der Waals surface area contributed by atoms with Crippen molar-refractivity contribution in [2.75, 3.05) is 37.8 Å². The maximum Gasteiger partial charge on any atom is 0.345 e. The molecule has 0 N–H and O–H groups in total. The second kappa shape index (κ2) is 8.59. The number of aromatic nitrogens is 3. The van der Waals surface area contributed by atoms with Crippen molar-refractivity contribution in [1.29, 1.82) is 0 Å². The first-order chi connectivity index (χ1) is 15.9. The fourth-order valence-electron chi connectivity index (χ4n) is 4.73. The van der Waals surface area contributed by atoms with E-state index < -0.39 is 5.63 Å². The molecule has 0 bridgehead atoms. The minimum absolute atomic E-state index is 0.274. The summed E-state index contributed by atoms with van der Waals surface area (Å²) in [4.78, 5) is 26.6. The third-order valence-electron chi connectivity index (χ3n) is 6.43. The first kappa shape index (κ1) is 21.6. The summed E-state index contributed by atoms with van der Waals surface area (Å²) in [5.74, 6) is 0. The Morgan fingerprint density at radius 3 is 2.79 bits per heavy atom. The zero-order chi connectivity index (χ0) is 23.1. The van der Waals surface area contributed by atoms with Gasteiger partial charge in [-0.2, -0.15) is 0 Å². The molecule has 5 rings (SSSR count). The molecular weight excluding hydrogens is 421 g/mol. The van der Waals surface area contributed by atoms with E-state index in [0.29, 0.717) is 29.3 Å². The lowest BCUT2D eigenvalue weighted by Gasteiger charge is -2.41. The zero-order valence-electron chi connectivity index (χ0n) is 19.2. The monoisotopic (exact) mass is 449 g/mol. The van der Waals surface area contributed by atoms with Crippen molar-refractivity contribution in [3.05, 3.63) is 58.5 Å². The summed E-state index contributed by atoms with van der Waals surface area (Å²) >= 11 is 0. The summed E-state index contributed by atoms with van der Waals surface area (Å²) in [5, 5.41) is 0.853. The van der Waals surface area contributed by atoms with Gasteiger partial charge in [-0.25, -0.2) is 9.78 Å². The average molecular weight is 450 g/mol. The molecule has 8 heteroatoms. The van der Waals surface area contributed by atoms with Crippen molar-refractivity contribution < 1.29 is 8.81 Å². The summed E-state index contributed by atoms with van der Waals surface area (Å²) in [7, 11) is 0. The molecule has 1 saturated heterocycles. The van der Waals surface area contributed by atoms with E-state index in [2.05, 4.69) is 32.8 Å². The van der Waals surface area contributed by atoms with E-state index in [1.54, 1.807) is 0 Å². The molecule has 7 nitrogen and oxygen atoms in total. The van der Waals surface area contributed by atoms with Crippen LogP contribution in [0.3, 0.4) is 0 Å². The van der Waals surface area contributed by atoms with Gasteiger partial charge in [0.05, 0.1) is 29.3 Å². The standard InChI is InChI=1S/C25H28FN5O2/c1-16-13-31-15-22(28-24(31)18(3)27-16)21-11-19-5-6-20(12-23(19)33-25(21)32)30-10-9-29(8-4-7-26)17(2)14-30/h5-6,11-13,15,17H,4,7-10,14H2,1-3H3. The number of imidazole rings is 1. The van der Waals surface area contributed by atoms with Crippen LogP contribution < -0.4 is 10.5 Å². The van der Waals surface area contributed by atoms with E-state index in [-0.39, 0.29) is 6.67 Å². The van der Waals surface area contributed by atoms with E-state index >= 15 is 0 Å². The van der Waals surface area contributed by atoms with E-state index in [1.165, 1.54) is 0 Å². The minimum Gasteiger partial charge on any atom is -0.422 e. The van der Waals surface area contributed by atoms with Crippen molar-refractivity contribution in [1.82, 2.24) is 19.3 Å². The van der Waals surface area contributed by atoms with Gasteiger partial charge >= 0.3 is 5.63 Å². The highest BCUT2D eigenvalue weighted by Gasteiger charge is 2.24. The Bertz CT molecular complexity index is 1380. The van der Waals surface area contributed by atoms with Crippen molar-refractivity contribution >= 4 is 22.3 Å². The van der Waals surface area contributed by atoms with Gasteiger partial charge < -0.3 is 13.7 Å². The van der Waals surface area contributed by atoms with E-state index in [1.807, 2.05) is 48.8 Å². The van der Waals surface area contributed by atoms with Crippen LogP contribution in [0.15, 0.2) is 45.9 Å². The second-order valence-electron chi connectivity index (χ2n) is 8.87. The quantitative estimate of drug-likeness (QED) is 0.429. The molecule has 4 heterocycles. The summed E-state index contributed by atoms with van der Waals surface area (Å²) in [6.07, 6.45) is 4.31. The number of piperazine rings is 1. The van der Waals surface area contributed by atoms with Gasteiger partial charge in [-0.05, 0) is 45.4 Å². The number of fused-ring (bicyclic) bond motifs is 2. The lowest BCUT2D eigenvalue weighted by atomic mass is 10.1. The SMILES string of the molecule is Cc1cn2cc(-c3cc4ccc(N5CCN(CCCF)C(C)C5)cc4oc3=O)nc2c(C)n1. The molecule has 0 amide bonds. The van der Waals surface area contributed by atoms with Crippen LogP contribution in [-0.4, -0.2) is 58.2 Å². The van der Waals surface area contributed by atoms with E-state index in [9.17, 15) is 9.18 Å². The summed E-state index contributed by atoms with van der Waals surface area (Å²) < 4.78 is 20.2. The van der Waals surface area contributed by atoms with Crippen molar-refractivity contribution in [2.24, 2.45) is 0 Å². The molecule has 1 aromatic carbocycles. The van der Waals surface area contributed by atoms with Crippen LogP contribution in [0.25, 0.3) is 27.9 Å². The number of aryl methyl sites for hydroxylation is 2. The van der Waals surface area contributed by atoms with Gasteiger partial charge in [-0.15, -0.1) is 0 Å². The third kappa shape index (κ3) is 4.11. The predicted molar refractivity (Wildman–Crippen MR) is 128 cm³/mol. The first-order valence-corrected chi connectivity index (χ1v) is 11.4. The number of anilines is 1. The molecule has 1 atom stereocenters.